The molecule has 0 aromatic carbocycles. The molecule has 1 aliphatic rings. The average Bonchev–Trinajstić information content (AvgIpc) is 2.31. The van der Waals surface area contributed by atoms with Crippen LogP contribution in [-0.4, -0.2) is 8.32 Å². The van der Waals surface area contributed by atoms with Crippen LogP contribution in [0.1, 0.15) is 53.4 Å². The van der Waals surface area contributed by atoms with Crippen molar-refractivity contribution in [2.24, 2.45) is 11.8 Å². The lowest BCUT2D eigenvalue weighted by Gasteiger charge is -2.35. The van der Waals surface area contributed by atoms with Crippen molar-refractivity contribution in [3.05, 3.63) is 35.1 Å². The van der Waals surface area contributed by atoms with Crippen molar-refractivity contribution in [2.75, 3.05) is 0 Å². The third-order valence-corrected chi connectivity index (χ3v) is 5.11. The summed E-state index contributed by atoms with van der Waals surface area (Å²) in [4.78, 5) is 0. The molecule has 0 aromatic heterocycles. The highest BCUT2D eigenvalue weighted by molar-refractivity contribution is 6.70. The monoisotopic (exact) mass is 306 g/mol. The molecule has 120 valence electrons. The fourth-order valence-electron chi connectivity index (χ4n) is 2.99. The average molecular weight is 307 g/mol. The second kappa shape index (κ2) is 7.48. The van der Waals surface area contributed by atoms with E-state index in [1.165, 1.54) is 41.7 Å². The lowest BCUT2D eigenvalue weighted by molar-refractivity contribution is 0.298. The molecule has 0 spiro atoms. The van der Waals surface area contributed by atoms with Gasteiger partial charge in [0.1, 0.15) is 0 Å². The molecular weight excluding hydrogens is 272 g/mol. The van der Waals surface area contributed by atoms with Gasteiger partial charge in [-0.2, -0.15) is 0 Å². The van der Waals surface area contributed by atoms with Gasteiger partial charge in [-0.15, -0.1) is 0 Å². The maximum Gasteiger partial charge on any atom is 0.241 e. The van der Waals surface area contributed by atoms with Gasteiger partial charge in [-0.05, 0) is 84.0 Å². The molecule has 0 radical (unpaired) electrons. The van der Waals surface area contributed by atoms with Gasteiger partial charge in [0.2, 0.25) is 8.32 Å². The van der Waals surface area contributed by atoms with Crippen molar-refractivity contribution in [1.82, 2.24) is 0 Å². The van der Waals surface area contributed by atoms with Gasteiger partial charge in [-0.1, -0.05) is 23.8 Å². The second-order valence-corrected chi connectivity index (χ2v) is 12.3. The molecular formula is C19H34OSi. The van der Waals surface area contributed by atoms with Crippen LogP contribution in [0.15, 0.2) is 35.1 Å². The van der Waals surface area contributed by atoms with Crippen molar-refractivity contribution >= 4 is 8.32 Å². The van der Waals surface area contributed by atoms with Gasteiger partial charge in [0, 0.05) is 6.42 Å². The van der Waals surface area contributed by atoms with Gasteiger partial charge >= 0.3 is 0 Å². The zero-order valence-corrected chi connectivity index (χ0v) is 16.2. The van der Waals surface area contributed by atoms with Crippen molar-refractivity contribution in [1.29, 1.82) is 0 Å². The van der Waals surface area contributed by atoms with Crippen molar-refractivity contribution in [2.45, 2.75) is 73.0 Å². The highest BCUT2D eigenvalue weighted by atomic mass is 28.4. The fourth-order valence-corrected chi connectivity index (χ4v) is 3.97. The third kappa shape index (κ3) is 6.25. The predicted molar refractivity (Wildman–Crippen MR) is 96.8 cm³/mol. The van der Waals surface area contributed by atoms with Gasteiger partial charge in [0.15, 0.2) is 0 Å². The van der Waals surface area contributed by atoms with Crippen LogP contribution in [0, 0.1) is 11.8 Å². The number of hydrogen-bond donors (Lipinski definition) is 0. The standard InChI is InChI=1S/C19H34OSi/c1-14(2)10-9-11-17-12-18(15(3)4)13-19(16(17)5)20-21(6,7)8/h10,17-18H,3,9,11-13H2,1-2,4-8H3. The summed E-state index contributed by atoms with van der Waals surface area (Å²) in [5, 5.41) is 0. The number of rotatable bonds is 6. The molecule has 1 nitrogen and oxygen atoms in total. The molecule has 0 saturated heterocycles. The Bertz CT molecular complexity index is 433. The summed E-state index contributed by atoms with van der Waals surface area (Å²) < 4.78 is 6.39. The van der Waals surface area contributed by atoms with E-state index in [1.54, 1.807) is 0 Å². The van der Waals surface area contributed by atoms with Crippen LogP contribution in [0.4, 0.5) is 0 Å². The minimum atomic E-state index is -1.53. The van der Waals surface area contributed by atoms with Crippen LogP contribution < -0.4 is 0 Å². The quantitative estimate of drug-likeness (QED) is 0.404. The molecule has 0 N–H and O–H groups in total. The van der Waals surface area contributed by atoms with Crippen molar-refractivity contribution < 1.29 is 4.43 Å². The second-order valence-electron chi connectivity index (χ2n) is 7.86. The summed E-state index contributed by atoms with van der Waals surface area (Å²) >= 11 is 0. The fraction of sp³-hybridized carbons (Fsp3) is 0.684. The van der Waals surface area contributed by atoms with Crippen LogP contribution >= 0.6 is 0 Å². The molecule has 2 unspecified atom stereocenters. The smallest absolute Gasteiger partial charge is 0.241 e. The van der Waals surface area contributed by atoms with E-state index in [-0.39, 0.29) is 0 Å². The lowest BCUT2D eigenvalue weighted by atomic mass is 9.76. The van der Waals surface area contributed by atoms with E-state index in [0.717, 1.165) is 6.42 Å². The minimum absolute atomic E-state index is 0.594. The first-order chi connectivity index (χ1) is 9.60. The van der Waals surface area contributed by atoms with E-state index in [2.05, 4.69) is 60.0 Å². The number of allylic oxidation sites excluding steroid dienone is 5. The molecule has 0 aliphatic heterocycles. The van der Waals surface area contributed by atoms with Gasteiger partial charge < -0.3 is 4.43 Å². The predicted octanol–water partition coefficient (Wildman–Crippen LogP) is 6.46. The van der Waals surface area contributed by atoms with Crippen LogP contribution in [0.25, 0.3) is 0 Å². The van der Waals surface area contributed by atoms with Crippen LogP contribution in [0.2, 0.25) is 19.6 Å². The zero-order chi connectivity index (χ0) is 16.2. The van der Waals surface area contributed by atoms with E-state index < -0.39 is 8.32 Å². The Kier molecular flexibility index (Phi) is 6.52. The molecule has 1 aliphatic carbocycles. The first-order valence-electron chi connectivity index (χ1n) is 8.27. The van der Waals surface area contributed by atoms with Crippen LogP contribution in [0.3, 0.4) is 0 Å². The molecule has 0 bridgehead atoms. The molecule has 0 amide bonds. The third-order valence-electron chi connectivity index (χ3n) is 4.25. The zero-order valence-electron chi connectivity index (χ0n) is 15.2. The highest BCUT2D eigenvalue weighted by Gasteiger charge is 2.30. The van der Waals surface area contributed by atoms with Crippen molar-refractivity contribution in [3.63, 3.8) is 0 Å². The first kappa shape index (κ1) is 18.3. The Morgan fingerprint density at radius 3 is 2.38 bits per heavy atom. The summed E-state index contributed by atoms with van der Waals surface area (Å²) in [6.45, 7) is 19.8. The van der Waals surface area contributed by atoms with Crippen LogP contribution in [0.5, 0.6) is 0 Å². The Morgan fingerprint density at radius 1 is 1.29 bits per heavy atom. The molecule has 21 heavy (non-hydrogen) atoms. The topological polar surface area (TPSA) is 9.23 Å². The first-order valence-corrected chi connectivity index (χ1v) is 11.7. The number of hydrogen-bond acceptors (Lipinski definition) is 1. The van der Waals surface area contributed by atoms with Gasteiger partial charge in [-0.3, -0.25) is 0 Å². The molecule has 1 rings (SSSR count). The molecule has 2 atom stereocenters. The summed E-state index contributed by atoms with van der Waals surface area (Å²) in [6, 6.07) is 0. The normalized spacial score (nSPS) is 23.0. The maximum absolute atomic E-state index is 6.39. The van der Waals surface area contributed by atoms with E-state index in [4.69, 9.17) is 4.43 Å². The van der Waals surface area contributed by atoms with Gasteiger partial charge in [0.25, 0.3) is 0 Å². The SMILES string of the molecule is C=C(C)C1CC(O[Si](C)(C)C)=C(C)C(CCC=C(C)C)C1. The van der Waals surface area contributed by atoms with E-state index in [1.807, 2.05) is 0 Å². The summed E-state index contributed by atoms with van der Waals surface area (Å²) in [5.74, 6) is 2.52. The van der Waals surface area contributed by atoms with Gasteiger partial charge in [0.05, 0.1) is 5.76 Å². The van der Waals surface area contributed by atoms with Gasteiger partial charge in [-0.25, -0.2) is 0 Å². The van der Waals surface area contributed by atoms with E-state index >= 15 is 0 Å². The Labute approximate surface area is 133 Å². The summed E-state index contributed by atoms with van der Waals surface area (Å²) in [6.07, 6.45) is 7.07. The molecule has 2 heteroatoms. The molecule has 0 heterocycles. The summed E-state index contributed by atoms with van der Waals surface area (Å²) in [5.41, 5.74) is 4.23. The Morgan fingerprint density at radius 2 is 1.90 bits per heavy atom. The molecule has 0 fully saturated rings. The van der Waals surface area contributed by atoms with Crippen molar-refractivity contribution in [3.8, 4) is 0 Å². The Balaban J connectivity index is 2.90. The molecule has 0 saturated carbocycles. The van der Waals surface area contributed by atoms with Crippen LogP contribution in [-0.2, 0) is 4.43 Å². The van der Waals surface area contributed by atoms with E-state index in [0.29, 0.717) is 11.8 Å². The maximum atomic E-state index is 6.39. The van der Waals surface area contributed by atoms with E-state index in [9.17, 15) is 0 Å². The summed E-state index contributed by atoms with van der Waals surface area (Å²) in [7, 11) is -1.53. The largest absolute Gasteiger partial charge is 0.547 e. The highest BCUT2D eigenvalue weighted by Crippen LogP contribution is 2.40. The molecule has 0 aromatic rings. The minimum Gasteiger partial charge on any atom is -0.547 e. The Hall–Kier alpha value is -0.763. The lowest BCUT2D eigenvalue weighted by Crippen LogP contribution is -2.29.